The lowest BCUT2D eigenvalue weighted by Crippen LogP contribution is -2.47. The molecule has 4 heterocycles. The zero-order chi connectivity index (χ0) is 19.3. The largest absolute Gasteiger partial charge is 0.367 e. The number of anilines is 2. The van der Waals surface area contributed by atoms with E-state index in [0.29, 0.717) is 12.2 Å². The van der Waals surface area contributed by atoms with Crippen LogP contribution in [0.1, 0.15) is 11.4 Å². The summed E-state index contributed by atoms with van der Waals surface area (Å²) in [5, 5.41) is 13.4. The Morgan fingerprint density at radius 1 is 0.964 bits per heavy atom. The first-order valence-corrected chi connectivity index (χ1v) is 9.07. The summed E-state index contributed by atoms with van der Waals surface area (Å²) >= 11 is 0. The monoisotopic (exact) mass is 373 g/mol. The molecule has 0 atom stereocenters. The Hall–Kier alpha value is -3.73. The maximum Gasteiger partial charge on any atom is 0.267 e. The highest BCUT2D eigenvalue weighted by atomic mass is 16.1. The molecular formula is C20H19N7O. The van der Waals surface area contributed by atoms with E-state index in [2.05, 4.69) is 24.9 Å². The van der Waals surface area contributed by atoms with Crippen molar-refractivity contribution in [3.8, 4) is 6.07 Å². The van der Waals surface area contributed by atoms with E-state index in [1.54, 1.807) is 30.6 Å². The van der Waals surface area contributed by atoms with Gasteiger partial charge >= 0.3 is 0 Å². The van der Waals surface area contributed by atoms with Gasteiger partial charge in [0.15, 0.2) is 0 Å². The number of piperazine rings is 1. The van der Waals surface area contributed by atoms with Gasteiger partial charge in [0.05, 0.1) is 24.1 Å². The molecule has 28 heavy (non-hydrogen) atoms. The van der Waals surface area contributed by atoms with E-state index in [1.165, 1.54) is 4.68 Å². The van der Waals surface area contributed by atoms with E-state index >= 15 is 0 Å². The quantitative estimate of drug-likeness (QED) is 0.680. The molecule has 1 saturated heterocycles. The Morgan fingerprint density at radius 2 is 1.79 bits per heavy atom. The molecule has 1 aliphatic heterocycles. The normalized spacial score (nSPS) is 14.0. The highest BCUT2D eigenvalue weighted by Crippen LogP contribution is 2.18. The molecule has 0 aliphatic carbocycles. The fraction of sp³-hybridized carbons (Fsp3) is 0.250. The smallest absolute Gasteiger partial charge is 0.267 e. The van der Waals surface area contributed by atoms with E-state index < -0.39 is 0 Å². The van der Waals surface area contributed by atoms with Gasteiger partial charge in [-0.2, -0.15) is 10.4 Å². The second kappa shape index (κ2) is 7.88. The van der Waals surface area contributed by atoms with E-state index in [0.717, 1.165) is 43.4 Å². The van der Waals surface area contributed by atoms with Crippen LogP contribution in [0.5, 0.6) is 0 Å². The molecule has 0 spiro atoms. The van der Waals surface area contributed by atoms with Crippen LogP contribution in [0.4, 0.5) is 11.5 Å². The van der Waals surface area contributed by atoms with Crippen molar-refractivity contribution in [2.75, 3.05) is 36.0 Å². The van der Waals surface area contributed by atoms with Crippen molar-refractivity contribution in [3.63, 3.8) is 0 Å². The van der Waals surface area contributed by atoms with Crippen LogP contribution in [0.2, 0.25) is 0 Å². The number of pyridine rings is 2. The molecule has 1 aliphatic rings. The minimum Gasteiger partial charge on any atom is -0.367 e. The van der Waals surface area contributed by atoms with Crippen LogP contribution < -0.4 is 15.4 Å². The summed E-state index contributed by atoms with van der Waals surface area (Å²) in [6.45, 7) is 3.55. The molecule has 0 bridgehead atoms. The molecule has 8 heteroatoms. The number of aromatic nitrogens is 4. The van der Waals surface area contributed by atoms with Gasteiger partial charge in [0, 0.05) is 38.4 Å². The molecule has 0 unspecified atom stereocenters. The van der Waals surface area contributed by atoms with Crippen LogP contribution in [0.15, 0.2) is 59.7 Å². The van der Waals surface area contributed by atoms with Crippen molar-refractivity contribution in [2.45, 2.75) is 6.54 Å². The van der Waals surface area contributed by atoms with Crippen LogP contribution >= 0.6 is 0 Å². The van der Waals surface area contributed by atoms with Crippen molar-refractivity contribution in [1.82, 2.24) is 19.7 Å². The van der Waals surface area contributed by atoms with E-state index in [9.17, 15) is 4.79 Å². The molecular weight excluding hydrogens is 354 g/mol. The Kier molecular flexibility index (Phi) is 4.97. The van der Waals surface area contributed by atoms with Crippen LogP contribution in [-0.2, 0) is 6.54 Å². The van der Waals surface area contributed by atoms with Crippen molar-refractivity contribution in [1.29, 1.82) is 5.26 Å². The summed E-state index contributed by atoms with van der Waals surface area (Å²) in [5.41, 5.74) is 2.08. The molecule has 0 saturated carbocycles. The second-order valence-electron chi connectivity index (χ2n) is 6.50. The zero-order valence-electron chi connectivity index (χ0n) is 15.3. The minimum absolute atomic E-state index is 0.142. The van der Waals surface area contributed by atoms with Gasteiger partial charge in [0.1, 0.15) is 17.6 Å². The number of hydrogen-bond donors (Lipinski definition) is 0. The topological polar surface area (TPSA) is 90.9 Å². The summed E-state index contributed by atoms with van der Waals surface area (Å²) in [5.74, 6) is 0.785. The molecule has 0 N–H and O–H groups in total. The van der Waals surface area contributed by atoms with Gasteiger partial charge in [-0.3, -0.25) is 9.78 Å². The summed E-state index contributed by atoms with van der Waals surface area (Å²) < 4.78 is 1.45. The molecule has 8 nitrogen and oxygen atoms in total. The van der Waals surface area contributed by atoms with E-state index in [-0.39, 0.29) is 5.56 Å². The van der Waals surface area contributed by atoms with Gasteiger partial charge in [-0.15, -0.1) is 0 Å². The number of nitriles is 1. The van der Waals surface area contributed by atoms with Gasteiger partial charge in [0.25, 0.3) is 5.56 Å². The summed E-state index contributed by atoms with van der Waals surface area (Å²) in [6.07, 6.45) is 3.45. The summed E-state index contributed by atoms with van der Waals surface area (Å²) in [4.78, 5) is 25.0. The van der Waals surface area contributed by atoms with E-state index in [1.807, 2.05) is 30.3 Å². The predicted octanol–water partition coefficient (Wildman–Crippen LogP) is 1.28. The number of hydrogen-bond acceptors (Lipinski definition) is 7. The minimum atomic E-state index is -0.142. The highest BCUT2D eigenvalue weighted by Gasteiger charge is 2.19. The fourth-order valence-electron chi connectivity index (χ4n) is 3.20. The van der Waals surface area contributed by atoms with Gasteiger partial charge < -0.3 is 9.80 Å². The lowest BCUT2D eigenvalue weighted by atomic mass is 10.2. The highest BCUT2D eigenvalue weighted by molar-refractivity contribution is 5.48. The molecule has 0 amide bonds. The molecule has 3 aromatic heterocycles. The van der Waals surface area contributed by atoms with Crippen LogP contribution in [-0.4, -0.2) is 45.9 Å². The Balaban J connectivity index is 1.45. The van der Waals surface area contributed by atoms with Crippen molar-refractivity contribution >= 4 is 11.5 Å². The van der Waals surface area contributed by atoms with E-state index in [4.69, 9.17) is 5.26 Å². The van der Waals surface area contributed by atoms with Gasteiger partial charge in [0.2, 0.25) is 0 Å². The maximum atomic E-state index is 12.2. The second-order valence-corrected chi connectivity index (χ2v) is 6.50. The third-order valence-corrected chi connectivity index (χ3v) is 4.72. The Labute approximate surface area is 162 Å². The van der Waals surface area contributed by atoms with Gasteiger partial charge in [-0.25, -0.2) is 9.67 Å². The van der Waals surface area contributed by atoms with Gasteiger partial charge in [-0.05, 0) is 30.3 Å². The van der Waals surface area contributed by atoms with Crippen LogP contribution in [0.25, 0.3) is 0 Å². The predicted molar refractivity (Wildman–Crippen MR) is 105 cm³/mol. The number of nitrogens with zero attached hydrogens (tertiary/aromatic N) is 7. The Morgan fingerprint density at radius 3 is 2.46 bits per heavy atom. The first-order valence-electron chi connectivity index (χ1n) is 9.07. The lowest BCUT2D eigenvalue weighted by Gasteiger charge is -2.36. The molecule has 3 aromatic rings. The van der Waals surface area contributed by atoms with Crippen LogP contribution in [0.3, 0.4) is 0 Å². The third-order valence-electron chi connectivity index (χ3n) is 4.72. The molecule has 0 aromatic carbocycles. The maximum absolute atomic E-state index is 12.2. The standard InChI is InChI=1S/C20H19N7O/c21-13-16-4-5-18(14-23-16)25-9-11-26(12-10-25)19-6-7-20(28)27(24-19)15-17-3-1-2-8-22-17/h1-8,14H,9-12,15H2. The van der Waals surface area contributed by atoms with Crippen LogP contribution in [0, 0.1) is 11.3 Å². The lowest BCUT2D eigenvalue weighted by molar-refractivity contribution is 0.596. The molecule has 0 radical (unpaired) electrons. The SMILES string of the molecule is N#Cc1ccc(N2CCN(c3ccc(=O)n(Cc4ccccn4)n3)CC2)cn1. The zero-order valence-corrected chi connectivity index (χ0v) is 15.3. The third kappa shape index (κ3) is 3.83. The molecule has 140 valence electrons. The Bertz CT molecular complexity index is 1030. The van der Waals surface area contributed by atoms with Crippen molar-refractivity contribution < 1.29 is 0 Å². The first kappa shape index (κ1) is 17.7. The average Bonchev–Trinajstić information content (AvgIpc) is 2.76. The summed E-state index contributed by atoms with van der Waals surface area (Å²) in [6, 6.07) is 14.6. The van der Waals surface area contributed by atoms with Crippen molar-refractivity contribution in [2.24, 2.45) is 0 Å². The number of rotatable bonds is 4. The van der Waals surface area contributed by atoms with Gasteiger partial charge in [-0.1, -0.05) is 6.07 Å². The summed E-state index contributed by atoms with van der Waals surface area (Å²) in [7, 11) is 0. The van der Waals surface area contributed by atoms with Crippen molar-refractivity contribution in [3.05, 3.63) is 76.6 Å². The molecule has 1 fully saturated rings. The first-order chi connectivity index (χ1) is 13.7. The fourth-order valence-corrected chi connectivity index (χ4v) is 3.20. The average molecular weight is 373 g/mol. The molecule has 4 rings (SSSR count).